The van der Waals surface area contributed by atoms with Crippen LogP contribution in [0.15, 0.2) is 18.2 Å². The molecule has 1 atom stereocenters. The Morgan fingerprint density at radius 3 is 2.33 bits per heavy atom. The van der Waals surface area contributed by atoms with Crippen LogP contribution in [0, 0.1) is 0 Å². The first kappa shape index (κ1) is 11.4. The molecule has 0 saturated heterocycles. The van der Waals surface area contributed by atoms with Gasteiger partial charge in [-0.05, 0) is 6.07 Å². The zero-order chi connectivity index (χ0) is 11.6. The predicted molar refractivity (Wildman–Crippen MR) is 45.7 cm³/mol. The molecule has 0 aliphatic carbocycles. The van der Waals surface area contributed by atoms with E-state index in [0.717, 1.165) is 18.2 Å². The van der Waals surface area contributed by atoms with E-state index in [1.807, 2.05) is 0 Å². The van der Waals surface area contributed by atoms with Gasteiger partial charge in [-0.3, -0.25) is 0 Å². The molecule has 0 spiro atoms. The third-order valence-corrected chi connectivity index (χ3v) is 1.83. The summed E-state index contributed by atoms with van der Waals surface area (Å²) in [7, 11) is 0. The molecule has 0 radical (unpaired) electrons. The lowest BCUT2D eigenvalue weighted by atomic mass is 10.1. The number of hydrogen-bond donors (Lipinski definition) is 3. The molecule has 0 aliphatic rings. The molecule has 0 saturated carbocycles. The SMILES string of the molecule is O=C(O)C(O)c1ccc(C(F)F)cc1O. The molecule has 0 fully saturated rings. The standard InChI is InChI=1S/C9H8F2O4/c10-8(11)4-1-2-5(6(12)3-4)7(13)9(14)15/h1-3,7-8,12-13H,(H,14,15). The first-order chi connectivity index (χ1) is 6.93. The highest BCUT2D eigenvalue weighted by Gasteiger charge is 2.20. The van der Waals surface area contributed by atoms with Crippen LogP contribution >= 0.6 is 0 Å². The highest BCUT2D eigenvalue weighted by Crippen LogP contribution is 2.29. The summed E-state index contributed by atoms with van der Waals surface area (Å²) in [5.74, 6) is -2.22. The Balaban J connectivity index is 3.08. The van der Waals surface area contributed by atoms with Gasteiger partial charge in [0.15, 0.2) is 6.10 Å². The molecule has 3 N–H and O–H groups in total. The number of aliphatic hydroxyl groups is 1. The summed E-state index contributed by atoms with van der Waals surface area (Å²) < 4.78 is 24.3. The fourth-order valence-corrected chi connectivity index (χ4v) is 1.06. The minimum absolute atomic E-state index is 0.313. The Morgan fingerprint density at radius 1 is 1.33 bits per heavy atom. The van der Waals surface area contributed by atoms with Crippen LogP contribution in [0.3, 0.4) is 0 Å². The van der Waals surface area contributed by atoms with Gasteiger partial charge >= 0.3 is 5.97 Å². The number of phenols is 1. The highest BCUT2D eigenvalue weighted by atomic mass is 19.3. The van der Waals surface area contributed by atoms with Crippen molar-refractivity contribution in [1.82, 2.24) is 0 Å². The zero-order valence-electron chi connectivity index (χ0n) is 7.39. The predicted octanol–water partition coefficient (Wildman–Crippen LogP) is 1.45. The number of benzene rings is 1. The molecule has 1 aromatic rings. The van der Waals surface area contributed by atoms with Gasteiger partial charge in [0.25, 0.3) is 6.43 Å². The molecular formula is C9H8F2O4. The van der Waals surface area contributed by atoms with Crippen molar-refractivity contribution in [3.63, 3.8) is 0 Å². The number of carbonyl (C=O) groups is 1. The summed E-state index contributed by atoms with van der Waals surface area (Å²) in [4.78, 5) is 10.4. The first-order valence-electron chi connectivity index (χ1n) is 3.95. The Labute approximate surface area is 83.4 Å². The van der Waals surface area contributed by atoms with Crippen molar-refractivity contribution >= 4 is 5.97 Å². The number of phenolic OH excluding ortho intramolecular Hbond substituents is 1. The maximum atomic E-state index is 12.1. The Hall–Kier alpha value is -1.69. The number of rotatable bonds is 3. The summed E-state index contributed by atoms with van der Waals surface area (Å²) in [6, 6.07) is 2.63. The molecule has 15 heavy (non-hydrogen) atoms. The van der Waals surface area contributed by atoms with Crippen LogP contribution in [-0.4, -0.2) is 21.3 Å². The van der Waals surface area contributed by atoms with Gasteiger partial charge in [-0.15, -0.1) is 0 Å². The molecule has 0 bridgehead atoms. The van der Waals surface area contributed by atoms with Crippen molar-refractivity contribution in [2.45, 2.75) is 12.5 Å². The summed E-state index contributed by atoms with van der Waals surface area (Å²) in [6.07, 6.45) is -4.68. The summed E-state index contributed by atoms with van der Waals surface area (Å²) in [6.45, 7) is 0. The zero-order valence-corrected chi connectivity index (χ0v) is 7.39. The van der Waals surface area contributed by atoms with E-state index in [0.29, 0.717) is 0 Å². The number of alkyl halides is 2. The van der Waals surface area contributed by atoms with Crippen LogP contribution in [0.2, 0.25) is 0 Å². The largest absolute Gasteiger partial charge is 0.508 e. The second-order valence-corrected chi connectivity index (χ2v) is 2.86. The Kier molecular flexibility index (Phi) is 3.21. The van der Waals surface area contributed by atoms with Crippen molar-refractivity contribution in [3.05, 3.63) is 29.3 Å². The summed E-state index contributed by atoms with van der Waals surface area (Å²) in [5.41, 5.74) is -0.749. The van der Waals surface area contributed by atoms with Gasteiger partial charge in [-0.1, -0.05) is 12.1 Å². The van der Waals surface area contributed by atoms with E-state index in [-0.39, 0.29) is 5.56 Å². The average Bonchev–Trinajstić information content (AvgIpc) is 2.16. The molecule has 0 aliphatic heterocycles. The van der Waals surface area contributed by atoms with Gasteiger partial charge in [0, 0.05) is 11.1 Å². The van der Waals surface area contributed by atoms with Crippen LogP contribution in [0.25, 0.3) is 0 Å². The quantitative estimate of drug-likeness (QED) is 0.717. The van der Waals surface area contributed by atoms with E-state index < -0.39 is 29.8 Å². The fourth-order valence-electron chi connectivity index (χ4n) is 1.06. The van der Waals surface area contributed by atoms with E-state index >= 15 is 0 Å². The lowest BCUT2D eigenvalue weighted by Crippen LogP contribution is -2.10. The first-order valence-corrected chi connectivity index (χ1v) is 3.95. The van der Waals surface area contributed by atoms with Gasteiger partial charge in [0.2, 0.25) is 0 Å². The lowest BCUT2D eigenvalue weighted by Gasteiger charge is -2.09. The number of hydrogen-bond acceptors (Lipinski definition) is 3. The molecule has 0 amide bonds. The number of aromatic hydroxyl groups is 1. The molecule has 0 heterocycles. The number of aliphatic hydroxyl groups excluding tert-OH is 1. The van der Waals surface area contributed by atoms with Crippen molar-refractivity contribution < 1.29 is 28.9 Å². The monoisotopic (exact) mass is 218 g/mol. The lowest BCUT2D eigenvalue weighted by molar-refractivity contribution is -0.147. The summed E-state index contributed by atoms with van der Waals surface area (Å²) >= 11 is 0. The second kappa shape index (κ2) is 4.22. The Bertz CT molecular complexity index is 378. The van der Waals surface area contributed by atoms with Crippen molar-refractivity contribution in [1.29, 1.82) is 0 Å². The van der Waals surface area contributed by atoms with Crippen LogP contribution < -0.4 is 0 Å². The van der Waals surface area contributed by atoms with E-state index in [9.17, 15) is 18.7 Å². The fraction of sp³-hybridized carbons (Fsp3) is 0.222. The van der Waals surface area contributed by atoms with Crippen LogP contribution in [-0.2, 0) is 4.79 Å². The van der Waals surface area contributed by atoms with E-state index in [1.54, 1.807) is 0 Å². The smallest absolute Gasteiger partial charge is 0.337 e. The average molecular weight is 218 g/mol. The molecule has 1 unspecified atom stereocenters. The van der Waals surface area contributed by atoms with Gasteiger partial charge in [-0.2, -0.15) is 0 Å². The molecule has 6 heteroatoms. The highest BCUT2D eigenvalue weighted by molar-refractivity contribution is 5.75. The normalized spacial score (nSPS) is 12.8. The molecule has 1 aromatic carbocycles. The van der Waals surface area contributed by atoms with Crippen molar-refractivity contribution in [3.8, 4) is 5.75 Å². The van der Waals surface area contributed by atoms with Crippen LogP contribution in [0.1, 0.15) is 23.7 Å². The van der Waals surface area contributed by atoms with Gasteiger partial charge in [-0.25, -0.2) is 13.6 Å². The molecule has 4 nitrogen and oxygen atoms in total. The van der Waals surface area contributed by atoms with Crippen LogP contribution in [0.4, 0.5) is 8.78 Å². The molecule has 0 aromatic heterocycles. The third kappa shape index (κ3) is 2.41. The maximum Gasteiger partial charge on any atom is 0.337 e. The van der Waals surface area contributed by atoms with E-state index in [2.05, 4.69) is 0 Å². The minimum Gasteiger partial charge on any atom is -0.508 e. The topological polar surface area (TPSA) is 77.8 Å². The second-order valence-electron chi connectivity index (χ2n) is 2.86. The van der Waals surface area contributed by atoms with E-state index in [1.165, 1.54) is 0 Å². The third-order valence-electron chi connectivity index (χ3n) is 1.83. The van der Waals surface area contributed by atoms with Gasteiger partial charge < -0.3 is 15.3 Å². The molecule has 82 valence electrons. The number of aliphatic carboxylic acids is 1. The number of carboxylic acid groups (broad SMARTS) is 1. The summed E-state index contributed by atoms with van der Waals surface area (Å²) in [5, 5.41) is 26.7. The molecular weight excluding hydrogens is 210 g/mol. The number of carboxylic acids is 1. The maximum absolute atomic E-state index is 12.1. The van der Waals surface area contributed by atoms with Crippen LogP contribution in [0.5, 0.6) is 5.75 Å². The molecule has 1 rings (SSSR count). The van der Waals surface area contributed by atoms with Gasteiger partial charge in [0.05, 0.1) is 0 Å². The Morgan fingerprint density at radius 2 is 1.93 bits per heavy atom. The van der Waals surface area contributed by atoms with Gasteiger partial charge in [0.1, 0.15) is 5.75 Å². The van der Waals surface area contributed by atoms with Crippen molar-refractivity contribution in [2.24, 2.45) is 0 Å². The van der Waals surface area contributed by atoms with Crippen molar-refractivity contribution in [2.75, 3.05) is 0 Å². The minimum atomic E-state index is -2.76. The van der Waals surface area contributed by atoms with E-state index in [4.69, 9.17) is 10.2 Å². The number of halogens is 2.